The molecule has 1 aromatic rings. The van der Waals surface area contributed by atoms with Crippen molar-refractivity contribution in [3.8, 4) is 0 Å². The Hall–Kier alpha value is -0.920. The summed E-state index contributed by atoms with van der Waals surface area (Å²) in [6.07, 6.45) is 0. The second-order valence-electron chi connectivity index (χ2n) is 3.39. The van der Waals surface area contributed by atoms with E-state index in [0.717, 1.165) is 14.3 Å². The summed E-state index contributed by atoms with van der Waals surface area (Å²) in [6.45, 7) is 0.0617. The fraction of sp³-hybridized carbons (Fsp3) is 0.222. The summed E-state index contributed by atoms with van der Waals surface area (Å²) in [5.74, 6) is -0.493. The van der Waals surface area contributed by atoms with Gasteiger partial charge in [0.2, 0.25) is 5.91 Å². The summed E-state index contributed by atoms with van der Waals surface area (Å²) in [6, 6.07) is 7.29. The van der Waals surface area contributed by atoms with Crippen molar-refractivity contribution < 1.29 is 13.2 Å². The van der Waals surface area contributed by atoms with Gasteiger partial charge in [0.1, 0.15) is 0 Å². The van der Waals surface area contributed by atoms with Gasteiger partial charge >= 0.3 is 10.2 Å². The van der Waals surface area contributed by atoms with Crippen LogP contribution in [-0.2, 0) is 21.5 Å². The standard InChI is InChI=1S/C9H9BrN2O3S/c10-8-4-2-1-3-7(8)5-12-6-9(13)11-16(12,14)15/h1-4H,5-6H2,(H,11,13). The fourth-order valence-corrected chi connectivity index (χ4v) is 2.93. The molecule has 2 rings (SSSR count). The number of amides is 1. The Morgan fingerprint density at radius 3 is 2.62 bits per heavy atom. The Labute approximate surface area is 102 Å². The number of nitrogens with zero attached hydrogens (tertiary/aromatic N) is 1. The van der Waals surface area contributed by atoms with Gasteiger partial charge in [-0.1, -0.05) is 34.1 Å². The van der Waals surface area contributed by atoms with Crippen molar-refractivity contribution in [3.63, 3.8) is 0 Å². The summed E-state index contributed by atoms with van der Waals surface area (Å²) in [4.78, 5) is 11.0. The molecule has 1 amide bonds. The van der Waals surface area contributed by atoms with Crippen molar-refractivity contribution in [1.29, 1.82) is 0 Å². The van der Waals surface area contributed by atoms with E-state index in [9.17, 15) is 13.2 Å². The van der Waals surface area contributed by atoms with Crippen LogP contribution in [0.25, 0.3) is 0 Å². The molecule has 1 aliphatic heterocycles. The van der Waals surface area contributed by atoms with Crippen LogP contribution in [0.5, 0.6) is 0 Å². The molecule has 1 heterocycles. The fourth-order valence-electron chi connectivity index (χ4n) is 1.44. The van der Waals surface area contributed by atoms with Gasteiger partial charge in [-0.25, -0.2) is 4.72 Å². The average molecular weight is 305 g/mol. The van der Waals surface area contributed by atoms with Gasteiger partial charge in [-0.05, 0) is 11.6 Å². The molecule has 0 radical (unpaired) electrons. The first-order valence-corrected chi connectivity index (χ1v) is 6.76. The molecule has 1 aromatic carbocycles. The van der Waals surface area contributed by atoms with Crippen LogP contribution in [0.2, 0.25) is 0 Å². The molecule has 1 saturated heterocycles. The van der Waals surface area contributed by atoms with E-state index in [4.69, 9.17) is 0 Å². The molecule has 0 bridgehead atoms. The van der Waals surface area contributed by atoms with Crippen LogP contribution in [-0.4, -0.2) is 25.2 Å². The Bertz CT molecular complexity index is 529. The number of benzene rings is 1. The van der Waals surface area contributed by atoms with Gasteiger partial charge in [-0.3, -0.25) is 4.79 Å². The number of carbonyl (C=O) groups is 1. The molecule has 0 aromatic heterocycles. The molecule has 0 unspecified atom stereocenters. The first-order valence-electron chi connectivity index (χ1n) is 4.53. The molecule has 5 nitrogen and oxygen atoms in total. The van der Waals surface area contributed by atoms with E-state index in [2.05, 4.69) is 15.9 Å². The summed E-state index contributed by atoms with van der Waals surface area (Å²) in [5, 5.41) is 0. The molecule has 1 aliphatic rings. The Balaban J connectivity index is 2.23. The van der Waals surface area contributed by atoms with Crippen LogP contribution >= 0.6 is 15.9 Å². The molecule has 16 heavy (non-hydrogen) atoms. The molecular weight excluding hydrogens is 296 g/mol. The van der Waals surface area contributed by atoms with Crippen LogP contribution in [0.15, 0.2) is 28.7 Å². The lowest BCUT2D eigenvalue weighted by Crippen LogP contribution is -2.29. The molecule has 7 heteroatoms. The Morgan fingerprint density at radius 1 is 1.38 bits per heavy atom. The minimum atomic E-state index is -3.64. The van der Waals surface area contributed by atoms with E-state index in [-0.39, 0.29) is 13.1 Å². The lowest BCUT2D eigenvalue weighted by molar-refractivity contribution is -0.118. The number of hydrogen-bond donors (Lipinski definition) is 1. The highest BCUT2D eigenvalue weighted by molar-refractivity contribution is 9.10. The second-order valence-corrected chi connectivity index (χ2v) is 5.91. The molecular formula is C9H9BrN2O3S. The molecule has 0 saturated carbocycles. The number of halogens is 1. The maximum atomic E-state index is 11.5. The first kappa shape index (κ1) is 11.6. The SMILES string of the molecule is O=C1CN(Cc2ccccc2Br)S(=O)(=O)N1. The Kier molecular flexibility index (Phi) is 3.00. The first-order chi connectivity index (χ1) is 7.49. The summed E-state index contributed by atoms with van der Waals surface area (Å²) in [5.41, 5.74) is 0.822. The van der Waals surface area contributed by atoms with E-state index in [1.807, 2.05) is 29.0 Å². The van der Waals surface area contributed by atoms with Gasteiger partial charge < -0.3 is 0 Å². The second kappa shape index (κ2) is 4.15. The number of rotatable bonds is 2. The molecule has 0 atom stereocenters. The third-order valence-corrected chi connectivity index (χ3v) is 4.40. The van der Waals surface area contributed by atoms with Gasteiger partial charge in [-0.2, -0.15) is 12.7 Å². The number of nitrogens with one attached hydrogen (secondary N) is 1. The van der Waals surface area contributed by atoms with Crippen LogP contribution in [0.1, 0.15) is 5.56 Å². The maximum absolute atomic E-state index is 11.5. The van der Waals surface area contributed by atoms with Crippen molar-refractivity contribution >= 4 is 32.0 Å². The smallest absolute Gasteiger partial charge is 0.272 e. The predicted octanol–water partition coefficient (Wildman–Crippen LogP) is 0.626. The third-order valence-electron chi connectivity index (χ3n) is 2.21. The van der Waals surface area contributed by atoms with E-state index in [1.165, 1.54) is 0 Å². The molecule has 0 spiro atoms. The Morgan fingerprint density at radius 2 is 2.06 bits per heavy atom. The zero-order chi connectivity index (χ0) is 11.8. The highest BCUT2D eigenvalue weighted by atomic mass is 79.9. The van der Waals surface area contributed by atoms with Crippen LogP contribution < -0.4 is 4.72 Å². The van der Waals surface area contributed by atoms with Gasteiger partial charge in [0.25, 0.3) is 0 Å². The van der Waals surface area contributed by atoms with Crippen LogP contribution in [0.3, 0.4) is 0 Å². The zero-order valence-corrected chi connectivity index (χ0v) is 10.6. The van der Waals surface area contributed by atoms with Gasteiger partial charge in [0.05, 0.1) is 6.54 Å². The van der Waals surface area contributed by atoms with E-state index < -0.39 is 16.1 Å². The molecule has 0 aliphatic carbocycles. The summed E-state index contributed by atoms with van der Waals surface area (Å²) >= 11 is 3.33. The van der Waals surface area contributed by atoms with Crippen LogP contribution in [0.4, 0.5) is 0 Å². The monoisotopic (exact) mass is 304 g/mol. The lowest BCUT2D eigenvalue weighted by Gasteiger charge is -2.12. The summed E-state index contributed by atoms with van der Waals surface area (Å²) < 4.78 is 26.8. The predicted molar refractivity (Wildman–Crippen MR) is 61.6 cm³/mol. The molecule has 1 N–H and O–H groups in total. The van der Waals surface area contributed by atoms with Gasteiger partial charge in [0, 0.05) is 11.0 Å². The van der Waals surface area contributed by atoms with Crippen LogP contribution in [0, 0.1) is 0 Å². The van der Waals surface area contributed by atoms with Crippen molar-refractivity contribution in [2.24, 2.45) is 0 Å². The van der Waals surface area contributed by atoms with Crippen molar-refractivity contribution in [1.82, 2.24) is 9.03 Å². The number of carbonyl (C=O) groups excluding carboxylic acids is 1. The number of hydrogen-bond acceptors (Lipinski definition) is 3. The minimum absolute atomic E-state index is 0.121. The minimum Gasteiger partial charge on any atom is -0.272 e. The maximum Gasteiger partial charge on any atom is 0.304 e. The van der Waals surface area contributed by atoms with E-state index in [0.29, 0.717) is 0 Å². The highest BCUT2D eigenvalue weighted by Gasteiger charge is 2.33. The van der Waals surface area contributed by atoms with Gasteiger partial charge in [-0.15, -0.1) is 0 Å². The van der Waals surface area contributed by atoms with E-state index in [1.54, 1.807) is 0 Å². The largest absolute Gasteiger partial charge is 0.304 e. The molecule has 1 fully saturated rings. The van der Waals surface area contributed by atoms with Crippen molar-refractivity contribution in [2.45, 2.75) is 6.54 Å². The normalized spacial score (nSPS) is 19.7. The average Bonchev–Trinajstić information content (AvgIpc) is 2.43. The quantitative estimate of drug-likeness (QED) is 0.871. The third kappa shape index (κ3) is 2.26. The van der Waals surface area contributed by atoms with Crippen molar-refractivity contribution in [2.75, 3.05) is 6.54 Å². The lowest BCUT2D eigenvalue weighted by atomic mass is 10.2. The molecule has 86 valence electrons. The summed E-state index contributed by atoms with van der Waals surface area (Å²) in [7, 11) is -3.64. The zero-order valence-electron chi connectivity index (χ0n) is 8.18. The topological polar surface area (TPSA) is 66.5 Å². The highest BCUT2D eigenvalue weighted by Crippen LogP contribution is 2.20. The van der Waals surface area contributed by atoms with Crippen molar-refractivity contribution in [3.05, 3.63) is 34.3 Å². The van der Waals surface area contributed by atoms with Gasteiger partial charge in [0.15, 0.2) is 0 Å². The van der Waals surface area contributed by atoms with E-state index >= 15 is 0 Å².